The molecule has 1 aliphatic rings. The SMILES string of the molecule is C[Si](C)(C)c1c[c-]c(-c2cc(C3CC3)ccn2)c2sc3ccccc3c12.Cc1ccc(-c2[c-]cccc2)nc1.[Ir]. The molecule has 0 saturated heterocycles. The number of thiophene rings is 1. The Morgan fingerprint density at radius 3 is 2.38 bits per heavy atom. The molecule has 0 unspecified atom stereocenters. The van der Waals surface area contributed by atoms with Crippen LogP contribution in [-0.4, -0.2) is 18.0 Å². The molecule has 0 aliphatic heterocycles. The van der Waals surface area contributed by atoms with Crippen molar-refractivity contribution in [3.63, 3.8) is 0 Å². The van der Waals surface area contributed by atoms with Gasteiger partial charge in [-0.1, -0.05) is 67.0 Å². The van der Waals surface area contributed by atoms with Gasteiger partial charge in [-0.3, -0.25) is 0 Å². The van der Waals surface area contributed by atoms with Crippen molar-refractivity contribution in [2.75, 3.05) is 0 Å². The molecule has 0 amide bonds. The zero-order valence-electron chi connectivity index (χ0n) is 23.3. The Bertz CT molecular complexity index is 1750. The van der Waals surface area contributed by atoms with Crippen molar-refractivity contribution in [3.8, 4) is 22.5 Å². The molecular formula is C35H32IrN2SSi-2. The third-order valence-electron chi connectivity index (χ3n) is 7.25. The minimum Gasteiger partial charge on any atom is -0.305 e. The average molecular weight is 733 g/mol. The van der Waals surface area contributed by atoms with Crippen LogP contribution in [-0.2, 0) is 20.1 Å². The summed E-state index contributed by atoms with van der Waals surface area (Å²) >= 11 is 1.89. The topological polar surface area (TPSA) is 25.8 Å². The van der Waals surface area contributed by atoms with E-state index in [9.17, 15) is 0 Å². The van der Waals surface area contributed by atoms with Crippen LogP contribution < -0.4 is 5.19 Å². The van der Waals surface area contributed by atoms with E-state index in [-0.39, 0.29) is 20.1 Å². The molecular weight excluding hydrogens is 701 g/mol. The standard InChI is InChI=1S/C23H22NSSi.C12H10N.Ir/c1-26(2,3)21-11-10-17(19-14-16(12-13-24-19)15-8-9-15)23-22(21)18-6-4-5-7-20(18)25-23;1-10-7-8-12(13-9-10)11-5-3-2-4-6-11;/h4-7,11-15H,8-9H2,1-3H3;2-5,7-9H,1H3;/q2*-1;. The third kappa shape index (κ3) is 6.03. The number of rotatable bonds is 4. The van der Waals surface area contributed by atoms with Gasteiger partial charge in [0.25, 0.3) is 0 Å². The number of nitrogens with zero attached hydrogens (tertiary/aromatic N) is 2. The summed E-state index contributed by atoms with van der Waals surface area (Å²) < 4.78 is 2.72. The van der Waals surface area contributed by atoms with E-state index in [1.165, 1.54) is 54.9 Å². The van der Waals surface area contributed by atoms with Crippen LogP contribution in [0.3, 0.4) is 0 Å². The Balaban J connectivity index is 0.000000195. The van der Waals surface area contributed by atoms with E-state index in [2.05, 4.69) is 85.3 Å². The number of aryl methyl sites for hydroxylation is 1. The number of pyridine rings is 2. The van der Waals surface area contributed by atoms with Crippen LogP contribution in [0.25, 0.3) is 42.7 Å². The maximum absolute atomic E-state index is 4.72. The first-order valence-corrected chi connectivity index (χ1v) is 17.9. The predicted molar refractivity (Wildman–Crippen MR) is 170 cm³/mol. The van der Waals surface area contributed by atoms with Gasteiger partial charge in [0.1, 0.15) is 0 Å². The van der Waals surface area contributed by atoms with Crippen LogP contribution in [0, 0.1) is 19.1 Å². The Kier molecular flexibility index (Phi) is 8.49. The van der Waals surface area contributed by atoms with Gasteiger partial charge in [-0.25, -0.2) is 0 Å². The second-order valence-electron chi connectivity index (χ2n) is 11.4. The summed E-state index contributed by atoms with van der Waals surface area (Å²) in [5.41, 5.74) is 6.89. The summed E-state index contributed by atoms with van der Waals surface area (Å²) in [5, 5.41) is 4.34. The molecule has 6 aromatic rings. The molecule has 0 spiro atoms. The number of fused-ring (bicyclic) bond motifs is 3. The summed E-state index contributed by atoms with van der Waals surface area (Å²) in [6.07, 6.45) is 6.48. The summed E-state index contributed by atoms with van der Waals surface area (Å²) in [4.78, 5) is 9.04. The molecule has 5 heteroatoms. The van der Waals surface area contributed by atoms with Crippen LogP contribution >= 0.6 is 11.3 Å². The smallest absolute Gasteiger partial charge is 0.0300 e. The fraction of sp³-hybridized carbons (Fsp3) is 0.200. The second-order valence-corrected chi connectivity index (χ2v) is 17.5. The fourth-order valence-corrected chi connectivity index (χ4v) is 7.83. The van der Waals surface area contributed by atoms with Gasteiger partial charge in [0.15, 0.2) is 0 Å². The van der Waals surface area contributed by atoms with E-state index >= 15 is 0 Å². The Morgan fingerprint density at radius 1 is 0.875 bits per heavy atom. The van der Waals surface area contributed by atoms with Crippen LogP contribution in [0.15, 0.2) is 91.3 Å². The van der Waals surface area contributed by atoms with Crippen LogP contribution in [0.4, 0.5) is 0 Å². The first-order valence-electron chi connectivity index (χ1n) is 13.6. The predicted octanol–water partition coefficient (Wildman–Crippen LogP) is 9.19. The van der Waals surface area contributed by atoms with Crippen molar-refractivity contribution >= 4 is 44.8 Å². The monoisotopic (exact) mass is 733 g/mol. The van der Waals surface area contributed by atoms with Gasteiger partial charge in [0, 0.05) is 45.3 Å². The first-order chi connectivity index (χ1) is 18.9. The summed E-state index contributed by atoms with van der Waals surface area (Å²) in [7, 11) is -1.47. The summed E-state index contributed by atoms with van der Waals surface area (Å²) in [5.74, 6) is 0.746. The van der Waals surface area contributed by atoms with Crippen molar-refractivity contribution < 1.29 is 20.1 Å². The number of aromatic nitrogens is 2. The molecule has 0 atom stereocenters. The van der Waals surface area contributed by atoms with Crippen molar-refractivity contribution in [1.82, 2.24) is 9.97 Å². The van der Waals surface area contributed by atoms with Gasteiger partial charge >= 0.3 is 0 Å². The van der Waals surface area contributed by atoms with E-state index in [1.807, 2.05) is 61.0 Å². The second kappa shape index (κ2) is 11.9. The molecule has 3 aromatic carbocycles. The maximum atomic E-state index is 4.72. The number of hydrogen-bond acceptors (Lipinski definition) is 3. The van der Waals surface area contributed by atoms with Crippen molar-refractivity contribution in [1.29, 1.82) is 0 Å². The van der Waals surface area contributed by atoms with Gasteiger partial charge in [-0.15, -0.1) is 58.8 Å². The molecule has 1 saturated carbocycles. The zero-order valence-corrected chi connectivity index (χ0v) is 27.5. The molecule has 0 bridgehead atoms. The van der Waals surface area contributed by atoms with E-state index in [0.29, 0.717) is 0 Å². The van der Waals surface area contributed by atoms with Gasteiger partial charge < -0.3 is 9.97 Å². The molecule has 7 rings (SSSR count). The van der Waals surface area contributed by atoms with E-state index in [4.69, 9.17) is 4.98 Å². The minimum absolute atomic E-state index is 0. The quantitative estimate of drug-likeness (QED) is 0.134. The Hall–Kier alpha value is -2.95. The van der Waals surface area contributed by atoms with E-state index < -0.39 is 8.07 Å². The van der Waals surface area contributed by atoms with Gasteiger partial charge in [-0.2, -0.15) is 11.3 Å². The van der Waals surface area contributed by atoms with Crippen LogP contribution in [0.2, 0.25) is 19.6 Å². The molecule has 3 heterocycles. The van der Waals surface area contributed by atoms with Crippen molar-refractivity contribution in [3.05, 3.63) is 115 Å². The van der Waals surface area contributed by atoms with Crippen molar-refractivity contribution in [2.24, 2.45) is 0 Å². The van der Waals surface area contributed by atoms with Crippen LogP contribution in [0.1, 0.15) is 29.9 Å². The molecule has 40 heavy (non-hydrogen) atoms. The van der Waals surface area contributed by atoms with Gasteiger partial charge in [0.2, 0.25) is 0 Å². The third-order valence-corrected chi connectivity index (χ3v) is 10.4. The van der Waals surface area contributed by atoms with Crippen molar-refractivity contribution in [2.45, 2.75) is 45.3 Å². The van der Waals surface area contributed by atoms with Crippen LogP contribution in [0.5, 0.6) is 0 Å². The van der Waals surface area contributed by atoms with Gasteiger partial charge in [0.05, 0.1) is 0 Å². The van der Waals surface area contributed by atoms with E-state index in [1.54, 1.807) is 0 Å². The molecule has 1 aliphatic carbocycles. The summed E-state index contributed by atoms with van der Waals surface area (Å²) in [6.45, 7) is 9.31. The number of hydrogen-bond donors (Lipinski definition) is 0. The fourth-order valence-electron chi connectivity index (χ4n) is 4.99. The Morgan fingerprint density at radius 2 is 1.68 bits per heavy atom. The molecule has 0 N–H and O–H groups in total. The maximum Gasteiger partial charge on any atom is 0.0300 e. The normalized spacial score (nSPS) is 13.0. The van der Waals surface area contributed by atoms with E-state index in [0.717, 1.165) is 22.9 Å². The molecule has 1 fully saturated rings. The summed E-state index contributed by atoms with van der Waals surface area (Å²) in [6, 6.07) is 34.3. The minimum atomic E-state index is -1.47. The first kappa shape index (κ1) is 28.6. The largest absolute Gasteiger partial charge is 0.305 e. The Labute approximate surface area is 255 Å². The molecule has 2 nitrogen and oxygen atoms in total. The number of benzene rings is 3. The molecule has 1 radical (unpaired) electrons. The zero-order chi connectivity index (χ0) is 27.0. The molecule has 3 aromatic heterocycles. The molecule has 203 valence electrons. The average Bonchev–Trinajstić information content (AvgIpc) is 3.73. The van der Waals surface area contributed by atoms with Gasteiger partial charge in [-0.05, 0) is 64.9 Å².